The Kier molecular flexibility index (Phi) is 4.74. The summed E-state index contributed by atoms with van der Waals surface area (Å²) in [6, 6.07) is 8.89. The highest BCUT2D eigenvalue weighted by molar-refractivity contribution is 6.03. The molecule has 26 heavy (non-hydrogen) atoms. The van der Waals surface area contributed by atoms with Crippen molar-refractivity contribution >= 4 is 11.7 Å². The van der Waals surface area contributed by atoms with Crippen molar-refractivity contribution in [2.24, 2.45) is 7.05 Å². The van der Waals surface area contributed by atoms with Crippen LogP contribution < -0.4 is 15.6 Å². The van der Waals surface area contributed by atoms with Crippen LogP contribution >= 0.6 is 0 Å². The van der Waals surface area contributed by atoms with E-state index in [0.717, 1.165) is 12.1 Å². The van der Waals surface area contributed by atoms with E-state index in [4.69, 9.17) is 4.74 Å². The first-order valence-electron chi connectivity index (χ1n) is 7.49. The summed E-state index contributed by atoms with van der Waals surface area (Å²) in [6.07, 6.45) is 2.75. The van der Waals surface area contributed by atoms with Crippen LogP contribution in [0.1, 0.15) is 10.4 Å². The second kappa shape index (κ2) is 7.14. The normalized spacial score (nSPS) is 10.4. The summed E-state index contributed by atoms with van der Waals surface area (Å²) in [6.45, 7) is 0. The number of halogens is 2. The van der Waals surface area contributed by atoms with Gasteiger partial charge in [-0.2, -0.15) is 0 Å². The van der Waals surface area contributed by atoms with E-state index in [9.17, 15) is 18.4 Å². The van der Waals surface area contributed by atoms with Crippen molar-refractivity contribution in [3.63, 3.8) is 0 Å². The lowest BCUT2D eigenvalue weighted by Gasteiger charge is -2.08. The summed E-state index contributed by atoms with van der Waals surface area (Å²) in [5, 5.41) is 2.58. The average Bonchev–Trinajstić information content (AvgIpc) is 2.62. The van der Waals surface area contributed by atoms with Crippen molar-refractivity contribution < 1.29 is 18.3 Å². The van der Waals surface area contributed by atoms with Gasteiger partial charge in [-0.25, -0.2) is 13.8 Å². The van der Waals surface area contributed by atoms with Crippen LogP contribution in [0.25, 0.3) is 0 Å². The first-order valence-corrected chi connectivity index (χ1v) is 7.49. The van der Waals surface area contributed by atoms with Crippen molar-refractivity contribution in [1.29, 1.82) is 0 Å². The topological polar surface area (TPSA) is 73.2 Å². The number of anilines is 1. The molecule has 2 heterocycles. The number of pyridine rings is 2. The molecule has 0 saturated carbocycles. The molecule has 1 aromatic carbocycles. The van der Waals surface area contributed by atoms with Crippen molar-refractivity contribution in [3.05, 3.63) is 82.4 Å². The summed E-state index contributed by atoms with van der Waals surface area (Å²) in [7, 11) is 1.54. The molecule has 3 aromatic rings. The van der Waals surface area contributed by atoms with E-state index < -0.39 is 17.5 Å². The number of ether oxygens (including phenoxy) is 1. The molecule has 0 aliphatic rings. The Morgan fingerprint density at radius 2 is 1.85 bits per heavy atom. The van der Waals surface area contributed by atoms with Crippen LogP contribution in [0.5, 0.6) is 11.5 Å². The predicted octanol–water partition coefficient (Wildman–Crippen LogP) is 3.10. The van der Waals surface area contributed by atoms with Crippen LogP contribution in [-0.2, 0) is 7.05 Å². The number of nitrogens with zero attached hydrogens (tertiary/aromatic N) is 2. The van der Waals surface area contributed by atoms with Crippen LogP contribution in [0.4, 0.5) is 14.6 Å². The number of hydrogen-bond acceptors (Lipinski definition) is 4. The van der Waals surface area contributed by atoms with Gasteiger partial charge in [-0.05, 0) is 30.3 Å². The van der Waals surface area contributed by atoms with Gasteiger partial charge in [-0.3, -0.25) is 9.59 Å². The molecule has 0 fully saturated rings. The minimum absolute atomic E-state index is 0.118. The zero-order valence-electron chi connectivity index (χ0n) is 13.6. The van der Waals surface area contributed by atoms with Crippen molar-refractivity contribution in [2.45, 2.75) is 0 Å². The molecule has 0 atom stereocenters. The van der Waals surface area contributed by atoms with Gasteiger partial charge in [-0.15, -0.1) is 0 Å². The van der Waals surface area contributed by atoms with Crippen LogP contribution in [0, 0.1) is 11.6 Å². The van der Waals surface area contributed by atoms with Crippen molar-refractivity contribution in [2.75, 3.05) is 5.32 Å². The molecule has 0 aliphatic carbocycles. The van der Waals surface area contributed by atoms with E-state index in [1.807, 2.05) is 0 Å². The summed E-state index contributed by atoms with van der Waals surface area (Å²) >= 11 is 0. The Bertz CT molecular complexity index is 1020. The molecule has 8 heteroatoms. The van der Waals surface area contributed by atoms with Gasteiger partial charge in [0.15, 0.2) is 11.6 Å². The number of benzene rings is 1. The Hall–Kier alpha value is -3.55. The zero-order valence-corrected chi connectivity index (χ0v) is 13.6. The Morgan fingerprint density at radius 1 is 1.08 bits per heavy atom. The first-order chi connectivity index (χ1) is 12.4. The van der Waals surface area contributed by atoms with E-state index in [1.165, 1.54) is 47.3 Å². The van der Waals surface area contributed by atoms with E-state index in [0.29, 0.717) is 5.56 Å². The number of hydrogen-bond donors (Lipinski definition) is 1. The molecule has 6 nitrogen and oxygen atoms in total. The Morgan fingerprint density at radius 3 is 2.50 bits per heavy atom. The second-order valence-corrected chi connectivity index (χ2v) is 5.38. The van der Waals surface area contributed by atoms with E-state index >= 15 is 0 Å². The lowest BCUT2D eigenvalue weighted by Crippen LogP contribution is -2.19. The number of aromatic nitrogens is 2. The molecule has 0 radical (unpaired) electrons. The predicted molar refractivity (Wildman–Crippen MR) is 90.3 cm³/mol. The minimum Gasteiger partial charge on any atom is -0.456 e. The molecular formula is C18H13F2N3O3. The fourth-order valence-corrected chi connectivity index (χ4v) is 2.11. The lowest BCUT2D eigenvalue weighted by molar-refractivity contribution is 0.102. The molecular weight excluding hydrogens is 344 g/mol. The number of aryl methyl sites for hydroxylation is 1. The van der Waals surface area contributed by atoms with E-state index in [2.05, 4.69) is 10.3 Å². The largest absolute Gasteiger partial charge is 0.456 e. The van der Waals surface area contributed by atoms with Gasteiger partial charge in [0.2, 0.25) is 5.56 Å². The Labute approximate surface area is 146 Å². The number of rotatable bonds is 4. The first kappa shape index (κ1) is 17.3. The standard InChI is InChI=1S/C18H13F2N3O3/c1-23-10-11(2-7-17(23)24)18(25)22-16-6-4-13(9-21-16)26-12-3-5-14(19)15(20)8-12/h2-10H,1H3,(H,21,22,25). The van der Waals surface area contributed by atoms with Crippen LogP contribution in [0.3, 0.4) is 0 Å². The number of carbonyl (C=O) groups excluding carboxylic acids is 1. The molecule has 0 saturated heterocycles. The third kappa shape index (κ3) is 3.92. The fraction of sp³-hybridized carbons (Fsp3) is 0.0556. The number of nitrogens with one attached hydrogen (secondary N) is 1. The maximum Gasteiger partial charge on any atom is 0.258 e. The van der Waals surface area contributed by atoms with Gasteiger partial charge in [0.05, 0.1) is 11.8 Å². The molecule has 0 unspecified atom stereocenters. The van der Waals surface area contributed by atoms with Gasteiger partial charge in [0.25, 0.3) is 5.91 Å². The summed E-state index contributed by atoms with van der Waals surface area (Å²) in [4.78, 5) is 27.5. The summed E-state index contributed by atoms with van der Waals surface area (Å²) in [5.41, 5.74) is 0.0782. The van der Waals surface area contributed by atoms with E-state index in [1.54, 1.807) is 7.05 Å². The van der Waals surface area contributed by atoms with Gasteiger partial charge in [0.1, 0.15) is 17.3 Å². The maximum absolute atomic E-state index is 13.2. The number of amides is 1. The molecule has 0 aliphatic heterocycles. The van der Waals surface area contributed by atoms with Gasteiger partial charge >= 0.3 is 0 Å². The van der Waals surface area contributed by atoms with Gasteiger partial charge < -0.3 is 14.6 Å². The zero-order chi connectivity index (χ0) is 18.7. The monoisotopic (exact) mass is 357 g/mol. The van der Waals surface area contributed by atoms with Crippen LogP contribution in [-0.4, -0.2) is 15.5 Å². The highest BCUT2D eigenvalue weighted by atomic mass is 19.2. The lowest BCUT2D eigenvalue weighted by atomic mass is 10.2. The SMILES string of the molecule is Cn1cc(C(=O)Nc2ccc(Oc3ccc(F)c(F)c3)cn2)ccc1=O. The van der Waals surface area contributed by atoms with Crippen molar-refractivity contribution in [3.8, 4) is 11.5 Å². The second-order valence-electron chi connectivity index (χ2n) is 5.38. The van der Waals surface area contributed by atoms with Crippen LogP contribution in [0.2, 0.25) is 0 Å². The third-order valence-corrected chi connectivity index (χ3v) is 3.45. The molecule has 3 rings (SSSR count). The quantitative estimate of drug-likeness (QED) is 0.779. The maximum atomic E-state index is 13.2. The molecule has 1 amide bonds. The highest BCUT2D eigenvalue weighted by Crippen LogP contribution is 2.23. The molecule has 2 aromatic heterocycles. The Balaban J connectivity index is 1.68. The summed E-state index contributed by atoms with van der Waals surface area (Å²) in [5.74, 6) is -1.74. The molecule has 0 spiro atoms. The minimum atomic E-state index is -1.02. The molecule has 132 valence electrons. The molecule has 0 bridgehead atoms. The van der Waals surface area contributed by atoms with E-state index in [-0.39, 0.29) is 22.9 Å². The summed E-state index contributed by atoms with van der Waals surface area (Å²) < 4.78 is 32.7. The average molecular weight is 357 g/mol. The smallest absolute Gasteiger partial charge is 0.258 e. The van der Waals surface area contributed by atoms with Crippen LogP contribution in [0.15, 0.2) is 59.7 Å². The highest BCUT2D eigenvalue weighted by Gasteiger charge is 2.09. The van der Waals surface area contributed by atoms with Gasteiger partial charge in [0, 0.05) is 25.4 Å². The number of carbonyl (C=O) groups is 1. The van der Waals surface area contributed by atoms with Crippen molar-refractivity contribution in [1.82, 2.24) is 9.55 Å². The fourth-order valence-electron chi connectivity index (χ4n) is 2.11. The van der Waals surface area contributed by atoms with Gasteiger partial charge in [-0.1, -0.05) is 0 Å². The molecule has 1 N–H and O–H groups in total. The third-order valence-electron chi connectivity index (χ3n) is 3.45.